The second-order valence-electron chi connectivity index (χ2n) is 1.74. The van der Waals surface area contributed by atoms with Crippen molar-refractivity contribution in [2.24, 2.45) is 0 Å². The first kappa shape index (κ1) is 8.50. The Balaban J connectivity index is 4.68. The number of hydrogen-bond acceptors (Lipinski definition) is 3. The lowest BCUT2D eigenvalue weighted by Crippen LogP contribution is -1.90. The van der Waals surface area contributed by atoms with Crippen LogP contribution < -0.4 is 0 Å². The van der Waals surface area contributed by atoms with Gasteiger partial charge >= 0.3 is 11.6 Å². The Bertz CT molecular complexity index is 212. The van der Waals surface area contributed by atoms with Crippen LogP contribution in [0.2, 0.25) is 0 Å². The van der Waals surface area contributed by atoms with E-state index in [-0.39, 0.29) is 5.70 Å². The maximum absolute atomic E-state index is 8.83. The summed E-state index contributed by atoms with van der Waals surface area (Å²) in [5.41, 5.74) is 0.393. The average Bonchev–Trinajstić information content (AvgIpc) is 1.88. The van der Waals surface area contributed by atoms with Crippen molar-refractivity contribution in [3.8, 4) is 0 Å². The largest absolute Gasteiger partial charge is 0.475 e. The fraction of sp³-hybridized carbons (Fsp3) is 0.333. The number of hydrogen-bond donors (Lipinski definition) is 1. The maximum Gasteiger partial charge on any atom is 0.466 e. The van der Waals surface area contributed by atoms with Crippen molar-refractivity contribution in [2.75, 3.05) is 7.11 Å². The van der Waals surface area contributed by atoms with Gasteiger partial charge in [0.2, 0.25) is 5.39 Å². The zero-order chi connectivity index (χ0) is 8.15. The summed E-state index contributed by atoms with van der Waals surface area (Å²) in [5, 5.41) is 17.1. The van der Waals surface area contributed by atoms with Crippen molar-refractivity contribution in [3.63, 3.8) is 0 Å². The fourth-order valence-electron chi connectivity index (χ4n) is 0.407. The van der Waals surface area contributed by atoms with Crippen LogP contribution in [0.5, 0.6) is 0 Å². The predicted octanol–water partition coefficient (Wildman–Crippen LogP) is 1.79. The van der Waals surface area contributed by atoms with E-state index in [1.807, 2.05) is 0 Å². The summed E-state index contributed by atoms with van der Waals surface area (Å²) in [5.74, 6) is -0.435. The van der Waals surface area contributed by atoms with Crippen LogP contribution in [-0.4, -0.2) is 12.2 Å². The second-order valence-corrected chi connectivity index (χ2v) is 1.74. The molecule has 0 spiro atoms. The van der Waals surface area contributed by atoms with E-state index in [0.717, 1.165) is 0 Å². The topological polar surface area (TPSA) is 57.6 Å². The SMILES string of the molecule is C=C(C)/C([N+]#N)=C(/O)OC. The van der Waals surface area contributed by atoms with Gasteiger partial charge in [-0.2, -0.15) is 0 Å². The lowest BCUT2D eigenvalue weighted by Gasteiger charge is -1.90. The van der Waals surface area contributed by atoms with Gasteiger partial charge in [-0.25, -0.2) is 0 Å². The van der Waals surface area contributed by atoms with Crippen molar-refractivity contribution in [1.29, 1.82) is 5.39 Å². The first-order valence-corrected chi connectivity index (χ1v) is 2.61. The van der Waals surface area contributed by atoms with Gasteiger partial charge in [0.1, 0.15) is 0 Å². The molecule has 0 unspecified atom stereocenters. The van der Waals surface area contributed by atoms with Gasteiger partial charge in [-0.15, -0.1) is 0 Å². The quantitative estimate of drug-likeness (QED) is 0.362. The van der Waals surface area contributed by atoms with Gasteiger partial charge in [0, 0.05) is 5.57 Å². The highest BCUT2D eigenvalue weighted by Crippen LogP contribution is 2.12. The molecule has 0 radical (unpaired) electrons. The van der Waals surface area contributed by atoms with Crippen LogP contribution in [0.25, 0.3) is 4.98 Å². The van der Waals surface area contributed by atoms with Crippen LogP contribution in [0.15, 0.2) is 23.8 Å². The number of rotatable bonds is 2. The highest BCUT2D eigenvalue weighted by Gasteiger charge is 2.20. The second kappa shape index (κ2) is 3.51. The summed E-state index contributed by atoms with van der Waals surface area (Å²) >= 11 is 0. The van der Waals surface area contributed by atoms with E-state index in [4.69, 9.17) is 10.5 Å². The summed E-state index contributed by atoms with van der Waals surface area (Å²) in [4.78, 5) is 2.76. The molecule has 10 heavy (non-hydrogen) atoms. The number of nitrogens with zero attached hydrogens (tertiary/aromatic N) is 2. The van der Waals surface area contributed by atoms with Crippen molar-refractivity contribution in [1.82, 2.24) is 0 Å². The minimum atomic E-state index is -0.435. The molecular formula is C6H9N2O2+. The van der Waals surface area contributed by atoms with Crippen LogP contribution >= 0.6 is 0 Å². The number of aliphatic hydroxyl groups excluding tert-OH is 1. The van der Waals surface area contributed by atoms with Crippen molar-refractivity contribution < 1.29 is 9.84 Å². The first-order valence-electron chi connectivity index (χ1n) is 2.61. The third-order valence-electron chi connectivity index (χ3n) is 0.900. The summed E-state index contributed by atoms with van der Waals surface area (Å²) in [7, 11) is 1.27. The number of diazo groups is 1. The van der Waals surface area contributed by atoms with Crippen molar-refractivity contribution >= 4 is 0 Å². The molecule has 0 rings (SSSR count). The Kier molecular flexibility index (Phi) is 2.98. The van der Waals surface area contributed by atoms with Crippen molar-refractivity contribution in [3.05, 3.63) is 28.8 Å². The Hall–Kier alpha value is -1.50. The smallest absolute Gasteiger partial charge is 0.466 e. The van der Waals surface area contributed by atoms with E-state index < -0.39 is 5.95 Å². The van der Waals surface area contributed by atoms with Crippen LogP contribution in [-0.2, 0) is 4.74 Å². The molecule has 0 saturated carbocycles. The monoisotopic (exact) mass is 141 g/mol. The Morgan fingerprint density at radius 3 is 2.30 bits per heavy atom. The van der Waals surface area contributed by atoms with E-state index in [1.54, 1.807) is 6.92 Å². The molecule has 0 heterocycles. The summed E-state index contributed by atoms with van der Waals surface area (Å²) < 4.78 is 4.39. The van der Waals surface area contributed by atoms with Gasteiger partial charge < -0.3 is 9.84 Å². The molecule has 0 aromatic carbocycles. The van der Waals surface area contributed by atoms with E-state index >= 15 is 0 Å². The van der Waals surface area contributed by atoms with Crippen LogP contribution in [0.1, 0.15) is 6.92 Å². The molecule has 0 aromatic heterocycles. The zero-order valence-electron chi connectivity index (χ0n) is 5.96. The minimum Gasteiger partial charge on any atom is -0.475 e. The summed E-state index contributed by atoms with van der Waals surface area (Å²) in [6.07, 6.45) is 0. The molecule has 4 nitrogen and oxygen atoms in total. The maximum atomic E-state index is 8.83. The van der Waals surface area contributed by atoms with E-state index in [1.165, 1.54) is 7.11 Å². The standard InChI is InChI=1S/C6H8N2O2/c1-4(2)5(8-7)6(9)10-3/h1H2,2-3H3/p+1/b6-5+. The summed E-state index contributed by atoms with van der Waals surface area (Å²) in [6, 6.07) is 0. The van der Waals surface area contributed by atoms with Gasteiger partial charge in [0.05, 0.1) is 7.11 Å². The molecule has 0 aliphatic rings. The third-order valence-corrected chi connectivity index (χ3v) is 0.900. The Morgan fingerprint density at radius 1 is 1.70 bits per heavy atom. The van der Waals surface area contributed by atoms with Crippen LogP contribution in [0.3, 0.4) is 0 Å². The Morgan fingerprint density at radius 2 is 2.20 bits per heavy atom. The predicted molar refractivity (Wildman–Crippen MR) is 36.6 cm³/mol. The molecule has 0 atom stereocenters. The number of allylic oxidation sites excluding steroid dienone is 1. The molecule has 0 aliphatic heterocycles. The molecule has 0 fully saturated rings. The normalized spacial score (nSPS) is 11.3. The molecule has 0 bridgehead atoms. The van der Waals surface area contributed by atoms with Crippen LogP contribution in [0.4, 0.5) is 0 Å². The van der Waals surface area contributed by atoms with Gasteiger partial charge in [-0.1, -0.05) is 6.58 Å². The highest BCUT2D eigenvalue weighted by molar-refractivity contribution is 5.31. The number of aliphatic hydroxyl groups is 1. The van der Waals surface area contributed by atoms with E-state index in [0.29, 0.717) is 5.57 Å². The number of methoxy groups -OCH3 is 1. The lowest BCUT2D eigenvalue weighted by molar-refractivity contribution is 0.133. The zero-order valence-corrected chi connectivity index (χ0v) is 5.96. The number of ether oxygens (including phenoxy) is 1. The minimum absolute atomic E-state index is 0.0394. The van der Waals surface area contributed by atoms with Crippen molar-refractivity contribution in [2.45, 2.75) is 6.92 Å². The molecule has 4 heteroatoms. The fourth-order valence-corrected chi connectivity index (χ4v) is 0.407. The highest BCUT2D eigenvalue weighted by atomic mass is 16.6. The average molecular weight is 141 g/mol. The van der Waals surface area contributed by atoms with Gasteiger partial charge in [0.25, 0.3) is 0 Å². The molecule has 0 saturated heterocycles. The third kappa shape index (κ3) is 1.78. The van der Waals surface area contributed by atoms with E-state index in [2.05, 4.69) is 16.3 Å². The lowest BCUT2D eigenvalue weighted by atomic mass is 10.3. The molecule has 0 aliphatic carbocycles. The molecular weight excluding hydrogens is 132 g/mol. The molecule has 0 aromatic rings. The van der Waals surface area contributed by atoms with E-state index in [9.17, 15) is 0 Å². The Labute approximate surface area is 59.1 Å². The summed E-state index contributed by atoms with van der Waals surface area (Å²) in [6.45, 7) is 5.03. The molecule has 54 valence electrons. The van der Waals surface area contributed by atoms with Gasteiger partial charge in [0.15, 0.2) is 4.98 Å². The van der Waals surface area contributed by atoms with Gasteiger partial charge in [-0.3, -0.25) is 0 Å². The first-order chi connectivity index (χ1) is 4.63. The van der Waals surface area contributed by atoms with Crippen LogP contribution in [0, 0.1) is 5.39 Å². The van der Waals surface area contributed by atoms with Gasteiger partial charge in [-0.05, 0) is 6.92 Å². The molecule has 0 amide bonds. The molecule has 1 N–H and O–H groups in total.